The Labute approximate surface area is 218 Å². The average Bonchev–Trinajstić information content (AvgIpc) is 2.92. The monoisotopic (exact) mass is 506 g/mol. The minimum Gasteiger partial charge on any atom is -0.490 e. The van der Waals surface area contributed by atoms with Crippen molar-refractivity contribution < 1.29 is 23.5 Å². The van der Waals surface area contributed by atoms with E-state index in [2.05, 4.69) is 5.32 Å². The summed E-state index contributed by atoms with van der Waals surface area (Å²) in [6.45, 7) is 5.04. The molecule has 0 radical (unpaired) electrons. The number of amides is 2. The van der Waals surface area contributed by atoms with Gasteiger partial charge in [-0.25, -0.2) is 4.39 Å². The van der Waals surface area contributed by atoms with Gasteiger partial charge < -0.3 is 19.7 Å². The van der Waals surface area contributed by atoms with Gasteiger partial charge in [-0.05, 0) is 61.2 Å². The summed E-state index contributed by atoms with van der Waals surface area (Å²) in [5, 5.41) is 2.71. The highest BCUT2D eigenvalue weighted by Gasteiger charge is 2.29. The lowest BCUT2D eigenvalue weighted by Crippen LogP contribution is -2.49. The quantitative estimate of drug-likeness (QED) is 0.357. The molecule has 1 N–H and O–H groups in total. The molecule has 7 heteroatoms. The number of hydrogen-bond donors (Lipinski definition) is 1. The Morgan fingerprint density at radius 3 is 2.16 bits per heavy atom. The molecule has 37 heavy (non-hydrogen) atoms. The van der Waals surface area contributed by atoms with E-state index in [1.54, 1.807) is 24.1 Å². The van der Waals surface area contributed by atoms with Crippen LogP contribution in [0.15, 0.2) is 72.8 Å². The second-order valence-corrected chi connectivity index (χ2v) is 8.61. The summed E-state index contributed by atoms with van der Waals surface area (Å²) in [5.74, 6) is 0.541. The van der Waals surface area contributed by atoms with Gasteiger partial charge in [0.15, 0.2) is 11.5 Å². The number of carbonyl (C=O) groups excluding carboxylic acids is 2. The van der Waals surface area contributed by atoms with Crippen molar-refractivity contribution in [2.75, 3.05) is 20.3 Å². The molecule has 3 rings (SSSR count). The minimum atomic E-state index is -0.718. The van der Waals surface area contributed by atoms with E-state index in [9.17, 15) is 14.0 Å². The SMILES string of the molecule is CCOc1ccc(CCC(=O)N(Cc2ccc(F)cc2)[C@@H](Cc2ccccc2)C(=O)NC)cc1OCC. The number of nitrogens with zero attached hydrogens (tertiary/aromatic N) is 1. The predicted molar refractivity (Wildman–Crippen MR) is 142 cm³/mol. The normalized spacial score (nSPS) is 11.5. The van der Waals surface area contributed by atoms with Crippen molar-refractivity contribution in [3.63, 3.8) is 0 Å². The number of likely N-dealkylation sites (N-methyl/N-ethyl adjacent to an activating group) is 1. The van der Waals surface area contributed by atoms with E-state index in [1.165, 1.54) is 12.1 Å². The van der Waals surface area contributed by atoms with Crippen LogP contribution in [0.3, 0.4) is 0 Å². The van der Waals surface area contributed by atoms with Crippen LogP contribution in [-0.2, 0) is 29.0 Å². The maximum absolute atomic E-state index is 13.6. The van der Waals surface area contributed by atoms with Crippen LogP contribution in [0.4, 0.5) is 4.39 Å². The largest absolute Gasteiger partial charge is 0.490 e. The molecule has 3 aromatic rings. The van der Waals surface area contributed by atoms with Gasteiger partial charge in [-0.1, -0.05) is 48.5 Å². The highest BCUT2D eigenvalue weighted by Crippen LogP contribution is 2.29. The van der Waals surface area contributed by atoms with Gasteiger partial charge in [0.25, 0.3) is 0 Å². The van der Waals surface area contributed by atoms with Gasteiger partial charge in [-0.15, -0.1) is 0 Å². The summed E-state index contributed by atoms with van der Waals surface area (Å²) in [6.07, 6.45) is 1.03. The second kappa shape index (κ2) is 14.0. The van der Waals surface area contributed by atoms with E-state index in [1.807, 2.05) is 62.4 Å². The lowest BCUT2D eigenvalue weighted by atomic mass is 10.0. The Kier molecular flexibility index (Phi) is 10.5. The van der Waals surface area contributed by atoms with E-state index in [4.69, 9.17) is 9.47 Å². The van der Waals surface area contributed by atoms with Crippen LogP contribution in [0.2, 0.25) is 0 Å². The molecular formula is C30H35FN2O4. The lowest BCUT2D eigenvalue weighted by Gasteiger charge is -2.31. The maximum Gasteiger partial charge on any atom is 0.242 e. The summed E-state index contributed by atoms with van der Waals surface area (Å²) in [7, 11) is 1.57. The van der Waals surface area contributed by atoms with E-state index < -0.39 is 6.04 Å². The summed E-state index contributed by atoms with van der Waals surface area (Å²) in [5.41, 5.74) is 2.62. The van der Waals surface area contributed by atoms with Gasteiger partial charge >= 0.3 is 0 Å². The third-order valence-corrected chi connectivity index (χ3v) is 6.02. The molecule has 6 nitrogen and oxygen atoms in total. The third kappa shape index (κ3) is 8.07. The fraction of sp³-hybridized carbons (Fsp3) is 0.333. The molecule has 0 fully saturated rings. The van der Waals surface area contributed by atoms with Crippen molar-refractivity contribution in [3.05, 3.63) is 95.3 Å². The molecule has 0 heterocycles. The van der Waals surface area contributed by atoms with Crippen LogP contribution < -0.4 is 14.8 Å². The van der Waals surface area contributed by atoms with Gasteiger partial charge in [0.1, 0.15) is 11.9 Å². The van der Waals surface area contributed by atoms with Gasteiger partial charge in [-0.2, -0.15) is 0 Å². The van der Waals surface area contributed by atoms with E-state index in [0.717, 1.165) is 16.7 Å². The minimum absolute atomic E-state index is 0.166. The molecule has 2 amide bonds. The van der Waals surface area contributed by atoms with Crippen LogP contribution in [0.1, 0.15) is 37.0 Å². The standard InChI is InChI=1S/C30H35FN2O4/c1-4-36-27-17-13-23(20-28(27)37-5-2)14-18-29(34)33(21-24-11-15-25(31)16-12-24)26(30(35)32-3)19-22-9-7-6-8-10-22/h6-13,15-17,20,26H,4-5,14,18-19,21H2,1-3H3,(H,32,35)/t26-/m0/s1. The van der Waals surface area contributed by atoms with Crippen LogP contribution >= 0.6 is 0 Å². The molecule has 0 unspecified atom stereocenters. The number of carbonyl (C=O) groups is 2. The summed E-state index contributed by atoms with van der Waals surface area (Å²) < 4.78 is 24.9. The Bertz CT molecular complexity index is 1150. The Balaban J connectivity index is 1.85. The second-order valence-electron chi connectivity index (χ2n) is 8.61. The fourth-order valence-electron chi connectivity index (χ4n) is 4.15. The number of ether oxygens (including phenoxy) is 2. The number of halogens is 1. The van der Waals surface area contributed by atoms with Crippen LogP contribution in [-0.4, -0.2) is 43.0 Å². The average molecular weight is 507 g/mol. The number of hydrogen-bond acceptors (Lipinski definition) is 4. The Morgan fingerprint density at radius 1 is 0.865 bits per heavy atom. The molecule has 0 bridgehead atoms. The highest BCUT2D eigenvalue weighted by molar-refractivity contribution is 5.88. The zero-order valence-electron chi connectivity index (χ0n) is 21.7. The Morgan fingerprint density at radius 2 is 1.51 bits per heavy atom. The topological polar surface area (TPSA) is 67.9 Å². The fourth-order valence-corrected chi connectivity index (χ4v) is 4.15. The van der Waals surface area contributed by atoms with Crippen LogP contribution in [0, 0.1) is 5.82 Å². The zero-order chi connectivity index (χ0) is 26.6. The molecule has 0 spiro atoms. The van der Waals surface area contributed by atoms with E-state index >= 15 is 0 Å². The molecule has 0 saturated heterocycles. The first-order valence-electron chi connectivity index (χ1n) is 12.6. The molecule has 196 valence electrons. The first-order chi connectivity index (χ1) is 17.9. The smallest absolute Gasteiger partial charge is 0.242 e. The van der Waals surface area contributed by atoms with Crippen molar-refractivity contribution >= 4 is 11.8 Å². The van der Waals surface area contributed by atoms with Crippen molar-refractivity contribution in [2.24, 2.45) is 0 Å². The van der Waals surface area contributed by atoms with Crippen LogP contribution in [0.25, 0.3) is 0 Å². The lowest BCUT2D eigenvalue weighted by molar-refractivity contribution is -0.141. The maximum atomic E-state index is 13.6. The first kappa shape index (κ1) is 27.7. The number of nitrogens with one attached hydrogen (secondary N) is 1. The molecule has 1 atom stereocenters. The highest BCUT2D eigenvalue weighted by atomic mass is 19.1. The molecular weight excluding hydrogens is 471 g/mol. The molecule has 0 aliphatic heterocycles. The molecule has 0 aliphatic carbocycles. The van der Waals surface area contributed by atoms with Crippen molar-refractivity contribution in [2.45, 2.75) is 45.7 Å². The van der Waals surface area contributed by atoms with Gasteiger partial charge in [0.2, 0.25) is 11.8 Å². The van der Waals surface area contributed by atoms with Gasteiger partial charge in [0.05, 0.1) is 13.2 Å². The van der Waals surface area contributed by atoms with Gasteiger partial charge in [0, 0.05) is 26.4 Å². The van der Waals surface area contributed by atoms with Crippen molar-refractivity contribution in [1.82, 2.24) is 10.2 Å². The third-order valence-electron chi connectivity index (χ3n) is 6.02. The molecule has 0 aliphatic rings. The predicted octanol–water partition coefficient (Wildman–Crippen LogP) is 4.94. The van der Waals surface area contributed by atoms with Crippen molar-refractivity contribution in [1.29, 1.82) is 0 Å². The van der Waals surface area contributed by atoms with E-state index in [-0.39, 0.29) is 30.6 Å². The molecule has 0 saturated carbocycles. The van der Waals surface area contributed by atoms with Gasteiger partial charge in [-0.3, -0.25) is 9.59 Å². The number of rotatable bonds is 13. The van der Waals surface area contributed by atoms with E-state index in [0.29, 0.717) is 37.6 Å². The number of aryl methyl sites for hydroxylation is 1. The molecule has 3 aromatic carbocycles. The van der Waals surface area contributed by atoms with Crippen LogP contribution in [0.5, 0.6) is 11.5 Å². The summed E-state index contributed by atoms with van der Waals surface area (Å²) in [4.78, 5) is 28.2. The molecule has 0 aromatic heterocycles. The van der Waals surface area contributed by atoms with Crippen molar-refractivity contribution in [3.8, 4) is 11.5 Å². The first-order valence-corrected chi connectivity index (χ1v) is 12.6. The summed E-state index contributed by atoms with van der Waals surface area (Å²) in [6, 6.07) is 20.5. The Hall–Kier alpha value is -3.87. The summed E-state index contributed by atoms with van der Waals surface area (Å²) >= 11 is 0. The zero-order valence-corrected chi connectivity index (χ0v) is 21.7. The number of benzene rings is 3.